The van der Waals surface area contributed by atoms with Crippen LogP contribution in [0.25, 0.3) is 0 Å². The number of rotatable bonds is 12. The smallest absolute Gasteiger partial charge is 0.423 e. The lowest BCUT2D eigenvalue weighted by molar-refractivity contribution is -0.0841. The Morgan fingerprint density at radius 3 is 1.59 bits per heavy atom. The number of hydrogen-bond donors (Lipinski definition) is 2. The molecule has 18 nitrogen and oxygen atoms in total. The van der Waals surface area contributed by atoms with Gasteiger partial charge in [-0.3, -0.25) is 0 Å². The van der Waals surface area contributed by atoms with Crippen LogP contribution in [-0.2, 0) is 31.8 Å². The number of hydrogen-bond acceptors (Lipinski definition) is 14. The van der Waals surface area contributed by atoms with E-state index in [0.29, 0.717) is 76.2 Å². The molecule has 0 spiro atoms. The van der Waals surface area contributed by atoms with Crippen LogP contribution in [0.5, 0.6) is 0 Å². The van der Waals surface area contributed by atoms with E-state index in [9.17, 15) is 18.0 Å². The Labute approximate surface area is 235 Å². The minimum absolute atomic E-state index is 0.206. The number of aryl methyl sites for hydroxylation is 2. The van der Waals surface area contributed by atoms with E-state index in [2.05, 4.69) is 20.4 Å². The van der Waals surface area contributed by atoms with Gasteiger partial charge in [0.1, 0.15) is 12.1 Å². The first-order valence-corrected chi connectivity index (χ1v) is 15.0. The van der Waals surface area contributed by atoms with Gasteiger partial charge in [0.25, 0.3) is 0 Å². The highest BCUT2D eigenvalue weighted by atomic mass is 32.3. The topological polar surface area (TPSA) is 230 Å². The molecule has 4 saturated heterocycles. The molecule has 4 N–H and O–H groups in total. The molecule has 0 aliphatic carbocycles. The Kier molecular flexibility index (Phi) is 7.53. The summed E-state index contributed by atoms with van der Waals surface area (Å²) < 4.78 is 47.6. The summed E-state index contributed by atoms with van der Waals surface area (Å²) in [5, 5.41) is 17.7. The van der Waals surface area contributed by atoms with Crippen LogP contribution < -0.4 is 11.5 Å². The molecular formula is C22H32N10O8S. The van der Waals surface area contributed by atoms with E-state index in [0.717, 1.165) is 10.1 Å². The molecule has 4 amide bonds. The number of piperidine rings is 2. The fourth-order valence-corrected chi connectivity index (χ4v) is 6.49. The molecule has 4 fully saturated rings. The molecule has 6 heterocycles. The second kappa shape index (κ2) is 11.1. The molecule has 2 aromatic heterocycles. The van der Waals surface area contributed by atoms with Crippen LogP contribution in [0.3, 0.4) is 0 Å². The third kappa shape index (κ3) is 5.34. The van der Waals surface area contributed by atoms with Crippen molar-refractivity contribution in [3.63, 3.8) is 0 Å². The largest absolute Gasteiger partial charge is 0.442 e. The third-order valence-electron chi connectivity index (χ3n) is 7.71. The van der Waals surface area contributed by atoms with Crippen molar-refractivity contribution in [2.24, 2.45) is 11.5 Å². The number of fused-ring (bicyclic) bond motifs is 4. The number of carbonyl (C=O) groups excluding carboxylic acids is 2. The number of aromatic nitrogens is 4. The summed E-state index contributed by atoms with van der Waals surface area (Å²) in [6, 6.07) is -3.46. The lowest BCUT2D eigenvalue weighted by atomic mass is 10.0. The normalized spacial score (nSPS) is 26.1. The second-order valence-electron chi connectivity index (χ2n) is 10.4. The summed E-state index contributed by atoms with van der Waals surface area (Å²) in [7, 11) is -4.84. The van der Waals surface area contributed by atoms with E-state index in [1.807, 2.05) is 0 Å². The van der Waals surface area contributed by atoms with Crippen LogP contribution in [0.1, 0.15) is 74.2 Å². The van der Waals surface area contributed by atoms with Crippen molar-refractivity contribution < 1.29 is 35.4 Å². The van der Waals surface area contributed by atoms with Crippen LogP contribution in [0.4, 0.5) is 9.59 Å². The number of urea groups is 2. The van der Waals surface area contributed by atoms with Crippen molar-refractivity contribution in [2.75, 3.05) is 26.2 Å². The Morgan fingerprint density at radius 2 is 1.17 bits per heavy atom. The highest BCUT2D eigenvalue weighted by Gasteiger charge is 2.52. The molecule has 41 heavy (non-hydrogen) atoms. The molecule has 224 valence electrons. The van der Waals surface area contributed by atoms with Gasteiger partial charge in [-0.2, -0.15) is 18.5 Å². The summed E-state index contributed by atoms with van der Waals surface area (Å²) in [5.74, 6) is 1.40. The molecule has 0 radical (unpaired) electrons. The zero-order valence-electron chi connectivity index (χ0n) is 22.2. The van der Waals surface area contributed by atoms with Gasteiger partial charge < -0.3 is 30.1 Å². The highest BCUT2D eigenvalue weighted by molar-refractivity contribution is 7.81. The summed E-state index contributed by atoms with van der Waals surface area (Å²) in [4.78, 5) is 29.2. The SMILES string of the molecule is NCCCc1nnc(C2CCC3CN2C(=O)N3OS(=O)(=O)ON2C(=O)N3CC2CCC3c2nnc(CCCN)o2)o1. The van der Waals surface area contributed by atoms with Crippen LogP contribution in [0.2, 0.25) is 0 Å². The highest BCUT2D eigenvalue weighted by Crippen LogP contribution is 2.40. The maximum absolute atomic E-state index is 13.2. The average molecular weight is 597 g/mol. The number of nitrogens with zero attached hydrogens (tertiary/aromatic N) is 8. The summed E-state index contributed by atoms with van der Waals surface area (Å²) in [6.45, 7) is 1.37. The summed E-state index contributed by atoms with van der Waals surface area (Å²) >= 11 is 0. The molecular weight excluding hydrogens is 564 g/mol. The average Bonchev–Trinajstić information content (AvgIpc) is 3.73. The predicted octanol–water partition coefficient (Wildman–Crippen LogP) is -0.0744. The van der Waals surface area contributed by atoms with E-state index >= 15 is 0 Å². The maximum Gasteiger partial charge on any atom is 0.442 e. The molecule has 0 saturated carbocycles. The zero-order chi connectivity index (χ0) is 28.7. The van der Waals surface area contributed by atoms with Gasteiger partial charge in [-0.1, -0.05) is 0 Å². The molecule has 6 rings (SSSR count). The van der Waals surface area contributed by atoms with Gasteiger partial charge in [0.05, 0.1) is 12.1 Å². The van der Waals surface area contributed by atoms with Gasteiger partial charge in [-0.05, 0) is 51.6 Å². The van der Waals surface area contributed by atoms with Gasteiger partial charge in [0.15, 0.2) is 0 Å². The quantitative estimate of drug-likeness (QED) is 0.327. The lowest BCUT2D eigenvalue weighted by Gasteiger charge is -2.27. The number of amides is 4. The van der Waals surface area contributed by atoms with Crippen molar-refractivity contribution >= 4 is 22.5 Å². The molecule has 0 aromatic carbocycles. The van der Waals surface area contributed by atoms with E-state index in [4.69, 9.17) is 28.9 Å². The molecule has 4 atom stereocenters. The Hall–Kier alpha value is -3.39. The first-order chi connectivity index (χ1) is 19.8. The Morgan fingerprint density at radius 1 is 0.732 bits per heavy atom. The second-order valence-corrected chi connectivity index (χ2v) is 11.5. The zero-order valence-corrected chi connectivity index (χ0v) is 23.0. The number of nitrogens with two attached hydrogens (primary N) is 2. The molecule has 4 unspecified atom stereocenters. The predicted molar refractivity (Wildman–Crippen MR) is 134 cm³/mol. The first-order valence-electron chi connectivity index (χ1n) is 13.7. The standard InChI is InChI=1S/C22H32N10O8S/c23-9-1-3-17-25-27-19(37-17)15-7-5-13-11-29(15)21(33)31(13)39-41(35,36)40-32-14-6-8-16(30(12-14)22(32)34)20-28-26-18(38-20)4-2-10-24/h13-16H,1-12,23-24H2. The first kappa shape index (κ1) is 27.8. The van der Waals surface area contributed by atoms with E-state index < -0.39 is 46.6 Å². The van der Waals surface area contributed by atoms with Crippen LogP contribution in [-0.4, -0.2) is 99.1 Å². The summed E-state index contributed by atoms with van der Waals surface area (Å²) in [6.07, 6.45) is 4.23. The van der Waals surface area contributed by atoms with Crippen molar-refractivity contribution in [1.82, 2.24) is 40.3 Å². The fraction of sp³-hybridized carbons (Fsp3) is 0.727. The molecule has 19 heteroatoms. The molecule has 4 aliphatic heterocycles. The van der Waals surface area contributed by atoms with Crippen molar-refractivity contribution in [3.8, 4) is 0 Å². The van der Waals surface area contributed by atoms with Crippen molar-refractivity contribution in [2.45, 2.75) is 75.5 Å². The third-order valence-corrected chi connectivity index (χ3v) is 8.40. The van der Waals surface area contributed by atoms with Crippen LogP contribution in [0, 0.1) is 0 Å². The lowest BCUT2D eigenvalue weighted by Crippen LogP contribution is -2.41. The number of hydroxylamine groups is 4. The van der Waals surface area contributed by atoms with Crippen molar-refractivity contribution in [1.29, 1.82) is 0 Å². The van der Waals surface area contributed by atoms with Crippen molar-refractivity contribution in [3.05, 3.63) is 23.6 Å². The minimum atomic E-state index is -4.84. The molecule has 4 bridgehead atoms. The Balaban J connectivity index is 1.09. The van der Waals surface area contributed by atoms with E-state index in [1.165, 1.54) is 9.80 Å². The van der Waals surface area contributed by atoms with Gasteiger partial charge >= 0.3 is 22.5 Å². The van der Waals surface area contributed by atoms with Gasteiger partial charge in [0.2, 0.25) is 23.6 Å². The maximum atomic E-state index is 13.2. The van der Waals surface area contributed by atoms with E-state index in [1.54, 1.807) is 0 Å². The summed E-state index contributed by atoms with van der Waals surface area (Å²) in [5.41, 5.74) is 11.1. The number of carbonyl (C=O) groups is 2. The van der Waals surface area contributed by atoms with Gasteiger partial charge in [-0.15, -0.1) is 29.0 Å². The van der Waals surface area contributed by atoms with Gasteiger partial charge in [-0.25, -0.2) is 9.59 Å². The minimum Gasteiger partial charge on any atom is -0.423 e. The van der Waals surface area contributed by atoms with E-state index in [-0.39, 0.29) is 24.9 Å². The monoisotopic (exact) mass is 596 g/mol. The molecule has 2 aromatic rings. The Bertz CT molecular complexity index is 1290. The van der Waals surface area contributed by atoms with Crippen LogP contribution >= 0.6 is 0 Å². The fourth-order valence-electron chi connectivity index (χ4n) is 5.70. The van der Waals surface area contributed by atoms with Gasteiger partial charge in [0, 0.05) is 25.9 Å². The molecule has 4 aliphatic rings. The van der Waals surface area contributed by atoms with Crippen LogP contribution in [0.15, 0.2) is 8.83 Å².